The molecule has 0 aliphatic carbocycles. The van der Waals surface area contributed by atoms with E-state index in [1.807, 2.05) is 48.5 Å². The lowest BCUT2D eigenvalue weighted by Crippen LogP contribution is -2.49. The molecule has 0 amide bonds. The summed E-state index contributed by atoms with van der Waals surface area (Å²) in [7, 11) is -2.04. The van der Waals surface area contributed by atoms with Crippen molar-refractivity contribution in [3.05, 3.63) is 71.8 Å². The van der Waals surface area contributed by atoms with E-state index in [4.69, 9.17) is 13.9 Å². The fourth-order valence-corrected chi connectivity index (χ4v) is 4.25. The average molecular weight is 431 g/mol. The van der Waals surface area contributed by atoms with Crippen molar-refractivity contribution in [2.45, 2.75) is 70.7 Å². The van der Waals surface area contributed by atoms with Crippen molar-refractivity contribution in [2.75, 3.05) is 13.2 Å². The van der Waals surface area contributed by atoms with E-state index in [2.05, 4.69) is 46.0 Å². The summed E-state index contributed by atoms with van der Waals surface area (Å²) in [4.78, 5) is 0. The largest absolute Gasteiger partial charge is 0.409 e. The van der Waals surface area contributed by atoms with Crippen LogP contribution in [0.3, 0.4) is 0 Å². The molecule has 0 saturated heterocycles. The molecule has 1 N–H and O–H groups in total. The number of benzene rings is 2. The van der Waals surface area contributed by atoms with E-state index in [0.29, 0.717) is 26.2 Å². The Bertz CT molecular complexity index is 713. The van der Waals surface area contributed by atoms with Crippen LogP contribution in [0.25, 0.3) is 0 Å². The predicted molar refractivity (Wildman–Crippen MR) is 125 cm³/mol. The molecule has 0 radical (unpaired) electrons. The van der Waals surface area contributed by atoms with E-state index in [-0.39, 0.29) is 23.9 Å². The lowest BCUT2D eigenvalue weighted by molar-refractivity contribution is -0.0818. The molecule has 5 heteroatoms. The zero-order valence-electron chi connectivity index (χ0n) is 19.1. The second-order valence-electron chi connectivity index (χ2n) is 9.26. The van der Waals surface area contributed by atoms with Crippen LogP contribution in [-0.2, 0) is 27.1 Å². The highest BCUT2D eigenvalue weighted by Gasteiger charge is 2.41. The maximum absolute atomic E-state index is 9.68. The van der Waals surface area contributed by atoms with Crippen LogP contribution in [0.5, 0.6) is 0 Å². The van der Waals surface area contributed by atoms with Crippen LogP contribution in [0.15, 0.2) is 60.7 Å². The number of aliphatic hydroxyl groups excluding tert-OH is 1. The molecular formula is C25H38O4Si. The van der Waals surface area contributed by atoms with Gasteiger partial charge in [-0.1, -0.05) is 81.4 Å². The van der Waals surface area contributed by atoms with Crippen LogP contribution in [0.4, 0.5) is 0 Å². The third-order valence-corrected chi connectivity index (χ3v) is 10.3. The number of aliphatic hydroxyl groups is 1. The van der Waals surface area contributed by atoms with Crippen molar-refractivity contribution in [3.63, 3.8) is 0 Å². The first-order chi connectivity index (χ1) is 14.2. The van der Waals surface area contributed by atoms with Crippen LogP contribution in [-0.4, -0.2) is 38.8 Å². The third-order valence-electron chi connectivity index (χ3n) is 5.78. The third kappa shape index (κ3) is 7.97. The highest BCUT2D eigenvalue weighted by Crippen LogP contribution is 2.38. The molecule has 2 rings (SSSR count). The topological polar surface area (TPSA) is 47.9 Å². The lowest BCUT2D eigenvalue weighted by atomic mass is 10.1. The molecule has 0 aromatic heterocycles. The normalized spacial score (nSPS) is 14.5. The molecule has 30 heavy (non-hydrogen) atoms. The fraction of sp³-hybridized carbons (Fsp3) is 0.520. The molecule has 2 unspecified atom stereocenters. The lowest BCUT2D eigenvalue weighted by Gasteiger charge is -2.41. The maximum Gasteiger partial charge on any atom is 0.192 e. The molecule has 0 aliphatic heterocycles. The zero-order valence-corrected chi connectivity index (χ0v) is 20.1. The molecule has 0 fully saturated rings. The summed E-state index contributed by atoms with van der Waals surface area (Å²) in [6.07, 6.45) is 0.0476. The van der Waals surface area contributed by atoms with Crippen molar-refractivity contribution < 1.29 is 19.0 Å². The Morgan fingerprint density at radius 3 is 1.87 bits per heavy atom. The summed E-state index contributed by atoms with van der Waals surface area (Å²) in [6, 6.07) is 20.2. The van der Waals surface area contributed by atoms with Gasteiger partial charge >= 0.3 is 0 Å². The molecule has 4 nitrogen and oxygen atoms in total. The number of rotatable bonds is 12. The van der Waals surface area contributed by atoms with Crippen molar-refractivity contribution in [1.82, 2.24) is 0 Å². The highest BCUT2D eigenvalue weighted by atomic mass is 28.4. The van der Waals surface area contributed by atoms with Crippen molar-refractivity contribution in [3.8, 4) is 0 Å². The second-order valence-corrected chi connectivity index (χ2v) is 14.0. The van der Waals surface area contributed by atoms with E-state index in [0.717, 1.165) is 11.1 Å². The Labute approximate surface area is 183 Å². The smallest absolute Gasteiger partial charge is 0.192 e. The maximum atomic E-state index is 9.68. The zero-order chi connectivity index (χ0) is 22.0. The molecule has 2 aromatic carbocycles. The Kier molecular flexibility index (Phi) is 9.72. The molecular weight excluding hydrogens is 392 g/mol. The quantitative estimate of drug-likeness (QED) is 0.448. The number of hydrogen-bond acceptors (Lipinski definition) is 4. The predicted octanol–water partition coefficient (Wildman–Crippen LogP) is 5.56. The Balaban J connectivity index is 2.10. The molecule has 166 valence electrons. The van der Waals surface area contributed by atoms with Gasteiger partial charge in [0.1, 0.15) is 0 Å². The van der Waals surface area contributed by atoms with Gasteiger partial charge in [-0.2, -0.15) is 0 Å². The Morgan fingerprint density at radius 1 is 0.833 bits per heavy atom. The summed E-state index contributed by atoms with van der Waals surface area (Å²) in [5.74, 6) is 0. The first kappa shape index (κ1) is 24.8. The minimum Gasteiger partial charge on any atom is -0.409 e. The van der Waals surface area contributed by atoms with Crippen molar-refractivity contribution >= 4 is 8.32 Å². The fourth-order valence-electron chi connectivity index (χ4n) is 2.92. The van der Waals surface area contributed by atoms with Crippen LogP contribution >= 0.6 is 0 Å². The average Bonchev–Trinajstić information content (AvgIpc) is 2.71. The van der Waals surface area contributed by atoms with E-state index in [1.54, 1.807) is 0 Å². The minimum absolute atomic E-state index is 0.0511. The number of hydrogen-bond donors (Lipinski definition) is 1. The molecule has 2 aromatic rings. The molecule has 0 heterocycles. The standard InChI is InChI=1S/C25H38O4Si/c1-25(2,3)30(4,5)29-24(20-27-18-21-12-8-6-9-13-21)23(16-17-26)28-19-22-14-10-7-11-15-22/h6-15,23-24,26H,16-20H2,1-5H3. The monoisotopic (exact) mass is 430 g/mol. The second kappa shape index (κ2) is 11.8. The molecule has 0 spiro atoms. The van der Waals surface area contributed by atoms with Crippen molar-refractivity contribution in [1.29, 1.82) is 0 Å². The van der Waals surface area contributed by atoms with Gasteiger partial charge in [0.2, 0.25) is 0 Å². The van der Waals surface area contributed by atoms with Gasteiger partial charge in [-0.3, -0.25) is 0 Å². The van der Waals surface area contributed by atoms with Crippen LogP contribution in [0.1, 0.15) is 38.3 Å². The summed E-state index contributed by atoms with van der Waals surface area (Å²) in [5, 5.41) is 9.76. The summed E-state index contributed by atoms with van der Waals surface area (Å²) < 4.78 is 19.0. The van der Waals surface area contributed by atoms with Crippen molar-refractivity contribution in [2.24, 2.45) is 0 Å². The van der Waals surface area contributed by atoms with Gasteiger partial charge < -0.3 is 19.0 Å². The summed E-state index contributed by atoms with van der Waals surface area (Å²) >= 11 is 0. The molecule has 0 saturated carbocycles. The molecule has 0 bridgehead atoms. The van der Waals surface area contributed by atoms with Gasteiger partial charge in [0, 0.05) is 6.61 Å². The van der Waals surface area contributed by atoms with Crippen LogP contribution in [0, 0.1) is 0 Å². The van der Waals surface area contributed by atoms with Gasteiger partial charge in [-0.05, 0) is 35.7 Å². The first-order valence-corrected chi connectivity index (χ1v) is 13.7. The Hall–Kier alpha value is -1.50. The van der Waals surface area contributed by atoms with E-state index >= 15 is 0 Å². The minimum atomic E-state index is -2.04. The van der Waals surface area contributed by atoms with Crippen LogP contribution in [0.2, 0.25) is 18.1 Å². The Morgan fingerprint density at radius 2 is 1.37 bits per heavy atom. The van der Waals surface area contributed by atoms with Crippen LogP contribution < -0.4 is 0 Å². The molecule has 2 atom stereocenters. The van der Waals surface area contributed by atoms with Gasteiger partial charge in [-0.25, -0.2) is 0 Å². The van der Waals surface area contributed by atoms with Gasteiger partial charge in [0.05, 0.1) is 32.0 Å². The molecule has 0 aliphatic rings. The number of ether oxygens (including phenoxy) is 2. The van der Waals surface area contributed by atoms with Gasteiger partial charge in [0.25, 0.3) is 0 Å². The van der Waals surface area contributed by atoms with E-state index < -0.39 is 8.32 Å². The summed E-state index contributed by atoms with van der Waals surface area (Å²) in [5.41, 5.74) is 2.24. The van der Waals surface area contributed by atoms with Gasteiger partial charge in [0.15, 0.2) is 8.32 Å². The SMILES string of the molecule is CC(C)(C)[Si](C)(C)OC(COCc1ccccc1)C(CCO)OCc1ccccc1. The van der Waals surface area contributed by atoms with E-state index in [9.17, 15) is 5.11 Å². The summed E-state index contributed by atoms with van der Waals surface area (Å²) in [6.45, 7) is 12.7. The first-order valence-electron chi connectivity index (χ1n) is 10.8. The van der Waals surface area contributed by atoms with Gasteiger partial charge in [-0.15, -0.1) is 0 Å². The highest BCUT2D eigenvalue weighted by molar-refractivity contribution is 6.74. The van der Waals surface area contributed by atoms with E-state index in [1.165, 1.54) is 0 Å².